The normalized spacial score (nSPS) is 13.6. The zero-order valence-corrected chi connectivity index (χ0v) is 13.7. The number of rotatable bonds is 3. The second-order valence-corrected chi connectivity index (χ2v) is 6.00. The van der Waals surface area contributed by atoms with Crippen LogP contribution >= 0.6 is 0 Å². The highest BCUT2D eigenvalue weighted by Crippen LogP contribution is 2.28. The number of fused-ring (bicyclic) bond motifs is 1. The zero-order chi connectivity index (χ0) is 17.1. The molecule has 0 N–H and O–H groups in total. The third-order valence-corrected chi connectivity index (χ3v) is 4.37. The Hall–Kier alpha value is -3.32. The van der Waals surface area contributed by atoms with E-state index in [0.29, 0.717) is 17.5 Å². The van der Waals surface area contributed by atoms with Crippen LogP contribution in [-0.2, 0) is 13.0 Å². The molecule has 0 fully saturated rings. The van der Waals surface area contributed by atoms with Gasteiger partial charge < -0.3 is 9.32 Å². The predicted octanol–water partition coefficient (Wildman–Crippen LogP) is 4.28. The lowest BCUT2D eigenvalue weighted by atomic mass is 10.00. The van der Waals surface area contributed by atoms with Gasteiger partial charge in [-0.2, -0.15) is 10.2 Å². The zero-order valence-electron chi connectivity index (χ0n) is 13.7. The quantitative estimate of drug-likeness (QED) is 0.720. The van der Waals surface area contributed by atoms with Crippen LogP contribution in [0, 0.1) is 11.3 Å². The molecule has 25 heavy (non-hydrogen) atoms. The molecule has 0 unspecified atom stereocenters. The number of hydrogen-bond acceptors (Lipinski definition) is 4. The Morgan fingerprint density at radius 3 is 2.56 bits per heavy atom. The molecule has 4 heteroatoms. The molecule has 2 heterocycles. The van der Waals surface area contributed by atoms with Gasteiger partial charge in [-0.25, -0.2) is 0 Å². The molecule has 0 amide bonds. The van der Waals surface area contributed by atoms with E-state index in [9.17, 15) is 5.26 Å². The lowest BCUT2D eigenvalue weighted by Crippen LogP contribution is -2.30. The monoisotopic (exact) mass is 327 g/mol. The predicted molar refractivity (Wildman–Crippen MR) is 97.8 cm³/mol. The molecule has 0 radical (unpaired) electrons. The van der Waals surface area contributed by atoms with Gasteiger partial charge in [-0.15, -0.1) is 0 Å². The molecule has 0 spiro atoms. The summed E-state index contributed by atoms with van der Waals surface area (Å²) in [5.41, 5.74) is 4.04. The van der Waals surface area contributed by atoms with Crippen LogP contribution in [-0.4, -0.2) is 11.5 Å². The largest absolute Gasteiger partial charge is 0.420 e. The number of oxazole rings is 1. The molecule has 0 saturated heterocycles. The smallest absolute Gasteiger partial charge is 0.235 e. The van der Waals surface area contributed by atoms with Gasteiger partial charge in [0.05, 0.1) is 0 Å². The lowest BCUT2D eigenvalue weighted by molar-refractivity contribution is 0.520. The minimum atomic E-state index is 0.340. The van der Waals surface area contributed by atoms with Crippen molar-refractivity contribution in [1.29, 1.82) is 5.26 Å². The molecule has 1 aliphatic heterocycles. The maximum absolute atomic E-state index is 9.42. The molecular weight excluding hydrogens is 310 g/mol. The first-order chi connectivity index (χ1) is 12.3. The second kappa shape index (κ2) is 6.66. The molecule has 0 atom stereocenters. The van der Waals surface area contributed by atoms with Gasteiger partial charge in [0.15, 0.2) is 0 Å². The van der Waals surface area contributed by atoms with Crippen LogP contribution in [0.1, 0.15) is 28.3 Å². The summed E-state index contributed by atoms with van der Waals surface area (Å²) in [4.78, 5) is 6.41. The Balaban J connectivity index is 1.60. The number of hydrogen-bond donors (Lipinski definition) is 0. The van der Waals surface area contributed by atoms with E-state index < -0.39 is 0 Å². The van der Waals surface area contributed by atoms with Crippen LogP contribution in [0.25, 0.3) is 12.2 Å². The van der Waals surface area contributed by atoms with Crippen LogP contribution in [0.3, 0.4) is 0 Å². The summed E-state index contributed by atoms with van der Waals surface area (Å²) >= 11 is 0. The van der Waals surface area contributed by atoms with Crippen molar-refractivity contribution < 1.29 is 4.42 Å². The van der Waals surface area contributed by atoms with Crippen molar-refractivity contribution in [3.05, 3.63) is 82.9 Å². The Bertz CT molecular complexity index is 951. The van der Waals surface area contributed by atoms with Gasteiger partial charge in [0.1, 0.15) is 6.07 Å². The van der Waals surface area contributed by atoms with Crippen molar-refractivity contribution >= 4 is 18.0 Å². The van der Waals surface area contributed by atoms with Gasteiger partial charge in [-0.05, 0) is 29.2 Å². The van der Waals surface area contributed by atoms with Crippen molar-refractivity contribution in [3.63, 3.8) is 0 Å². The standard InChI is InChI=1S/C21H17N3O/c22-14-19-21(24-13-12-17-8-4-5-9-18(17)15-24)25-20(23-19)11-10-16-6-2-1-3-7-16/h1-11H,12-13,15H2/b11-10+. The summed E-state index contributed by atoms with van der Waals surface area (Å²) in [5.74, 6) is 1.01. The van der Waals surface area contributed by atoms with Crippen LogP contribution in [0.4, 0.5) is 5.88 Å². The summed E-state index contributed by atoms with van der Waals surface area (Å²) in [6.07, 6.45) is 4.68. The van der Waals surface area contributed by atoms with Crippen molar-refractivity contribution in [1.82, 2.24) is 4.98 Å². The molecule has 0 bridgehead atoms. The maximum Gasteiger partial charge on any atom is 0.235 e. The Kier molecular flexibility index (Phi) is 4.05. The fraction of sp³-hybridized carbons (Fsp3) is 0.143. The van der Waals surface area contributed by atoms with Gasteiger partial charge in [0.25, 0.3) is 0 Å². The third-order valence-electron chi connectivity index (χ3n) is 4.37. The van der Waals surface area contributed by atoms with E-state index in [1.807, 2.05) is 42.5 Å². The van der Waals surface area contributed by atoms with Crippen LogP contribution < -0.4 is 4.90 Å². The minimum absolute atomic E-state index is 0.340. The van der Waals surface area contributed by atoms with Gasteiger partial charge in [-0.1, -0.05) is 54.6 Å². The molecule has 0 saturated carbocycles. The fourth-order valence-electron chi connectivity index (χ4n) is 3.09. The summed E-state index contributed by atoms with van der Waals surface area (Å²) in [7, 11) is 0. The molecule has 2 aromatic carbocycles. The average Bonchev–Trinajstić information content (AvgIpc) is 3.10. The molecule has 4 rings (SSSR count). The van der Waals surface area contributed by atoms with Crippen molar-refractivity contribution in [2.24, 2.45) is 0 Å². The highest BCUT2D eigenvalue weighted by molar-refractivity contribution is 5.67. The SMILES string of the molecule is N#Cc1nc(/C=C/c2ccccc2)oc1N1CCc2ccccc2C1. The van der Waals surface area contributed by atoms with E-state index in [-0.39, 0.29) is 0 Å². The number of nitriles is 1. The van der Waals surface area contributed by atoms with E-state index in [0.717, 1.165) is 25.1 Å². The van der Waals surface area contributed by atoms with Crippen LogP contribution in [0.15, 0.2) is 59.0 Å². The fourth-order valence-corrected chi connectivity index (χ4v) is 3.09. The Morgan fingerprint density at radius 2 is 1.76 bits per heavy atom. The first-order valence-electron chi connectivity index (χ1n) is 8.29. The number of aromatic nitrogens is 1. The topological polar surface area (TPSA) is 53.1 Å². The Labute approximate surface area is 146 Å². The van der Waals surface area contributed by atoms with Crippen LogP contribution in [0.2, 0.25) is 0 Å². The molecule has 3 aromatic rings. The summed E-state index contributed by atoms with van der Waals surface area (Å²) in [6.45, 7) is 1.56. The summed E-state index contributed by atoms with van der Waals surface area (Å²) in [6, 6.07) is 20.5. The third kappa shape index (κ3) is 3.17. The average molecular weight is 327 g/mol. The van der Waals surface area contributed by atoms with Crippen molar-refractivity contribution in [3.8, 4) is 6.07 Å². The molecule has 122 valence electrons. The highest BCUT2D eigenvalue weighted by Gasteiger charge is 2.23. The molecular formula is C21H17N3O. The van der Waals surface area contributed by atoms with Gasteiger partial charge >= 0.3 is 0 Å². The van der Waals surface area contributed by atoms with Gasteiger partial charge in [0.2, 0.25) is 17.5 Å². The molecule has 1 aromatic heterocycles. The molecule has 1 aliphatic rings. The molecule has 4 nitrogen and oxygen atoms in total. The summed E-state index contributed by atoms with van der Waals surface area (Å²) in [5, 5.41) is 9.42. The summed E-state index contributed by atoms with van der Waals surface area (Å²) < 4.78 is 5.89. The second-order valence-electron chi connectivity index (χ2n) is 6.00. The highest BCUT2D eigenvalue weighted by atomic mass is 16.4. The van der Waals surface area contributed by atoms with E-state index in [1.165, 1.54) is 11.1 Å². The van der Waals surface area contributed by atoms with E-state index in [2.05, 4.69) is 34.2 Å². The maximum atomic E-state index is 9.42. The Morgan fingerprint density at radius 1 is 1.00 bits per heavy atom. The lowest BCUT2D eigenvalue weighted by Gasteiger charge is -2.28. The first-order valence-corrected chi connectivity index (χ1v) is 8.29. The molecule has 0 aliphatic carbocycles. The van der Waals surface area contributed by atoms with E-state index in [1.54, 1.807) is 6.08 Å². The van der Waals surface area contributed by atoms with Crippen molar-refractivity contribution in [2.45, 2.75) is 13.0 Å². The van der Waals surface area contributed by atoms with Gasteiger partial charge in [-0.3, -0.25) is 0 Å². The van der Waals surface area contributed by atoms with E-state index >= 15 is 0 Å². The minimum Gasteiger partial charge on any atom is -0.420 e. The first kappa shape index (κ1) is 15.2. The van der Waals surface area contributed by atoms with Crippen LogP contribution in [0.5, 0.6) is 0 Å². The number of anilines is 1. The van der Waals surface area contributed by atoms with Gasteiger partial charge in [0, 0.05) is 19.2 Å². The van der Waals surface area contributed by atoms with E-state index in [4.69, 9.17) is 4.42 Å². The number of nitrogens with zero attached hydrogens (tertiary/aromatic N) is 3. The van der Waals surface area contributed by atoms with Crippen molar-refractivity contribution in [2.75, 3.05) is 11.4 Å². The number of benzene rings is 2.